The molecule has 1 saturated carbocycles. The maximum Gasteiger partial charge on any atom is 0.315 e. The number of amides is 1. The van der Waals surface area contributed by atoms with Gasteiger partial charge in [-0.2, -0.15) is 0 Å². The average Bonchev–Trinajstić information content (AvgIpc) is 2.91. The lowest BCUT2D eigenvalue weighted by Crippen LogP contribution is -2.58. The third-order valence-corrected chi connectivity index (χ3v) is 8.05. The summed E-state index contributed by atoms with van der Waals surface area (Å²) in [6.45, 7) is 1.48. The van der Waals surface area contributed by atoms with Crippen LogP contribution in [0.2, 0.25) is 0 Å². The van der Waals surface area contributed by atoms with Crippen molar-refractivity contribution >= 4 is 27.6 Å². The van der Waals surface area contributed by atoms with Gasteiger partial charge in [-0.25, -0.2) is 13.1 Å². The van der Waals surface area contributed by atoms with E-state index in [0.717, 1.165) is 19.1 Å². The summed E-state index contributed by atoms with van der Waals surface area (Å²) in [6.07, 6.45) is 3.46. The lowest BCUT2D eigenvalue weighted by Gasteiger charge is -2.48. The van der Waals surface area contributed by atoms with Gasteiger partial charge in [-0.15, -0.1) is 0 Å². The minimum absolute atomic E-state index is 0.0745. The van der Waals surface area contributed by atoms with Crippen LogP contribution < -0.4 is 4.72 Å². The Morgan fingerprint density at radius 2 is 1.98 bits per heavy atom. The number of nitrogens with zero attached hydrogens (tertiary/aromatic N) is 5. The first-order valence-electron chi connectivity index (χ1n) is 12.9. The highest BCUT2D eigenvalue weighted by atomic mass is 32.2. The van der Waals surface area contributed by atoms with Crippen molar-refractivity contribution in [3.8, 4) is 0 Å². The topological polar surface area (TPSA) is 185 Å². The summed E-state index contributed by atoms with van der Waals surface area (Å²) in [5.74, 6) is -2.05. The van der Waals surface area contributed by atoms with E-state index >= 15 is 0 Å². The largest absolute Gasteiger partial charge is 0.465 e. The number of rotatable bonds is 9. The number of azide groups is 1. The van der Waals surface area contributed by atoms with Crippen molar-refractivity contribution in [3.63, 3.8) is 0 Å². The normalized spacial score (nSPS) is 22.6. The maximum atomic E-state index is 14.2. The molecule has 0 bridgehead atoms. The van der Waals surface area contributed by atoms with Crippen molar-refractivity contribution in [2.45, 2.75) is 63.2 Å². The fourth-order valence-corrected chi connectivity index (χ4v) is 6.61. The Morgan fingerprint density at radius 3 is 2.65 bits per heavy atom. The van der Waals surface area contributed by atoms with E-state index in [2.05, 4.69) is 14.7 Å². The molecule has 1 fully saturated rings. The van der Waals surface area contributed by atoms with Crippen LogP contribution in [0.25, 0.3) is 10.4 Å². The molecule has 4 unspecified atom stereocenters. The van der Waals surface area contributed by atoms with E-state index in [-0.39, 0.29) is 30.0 Å². The first kappa shape index (κ1) is 29.0. The van der Waals surface area contributed by atoms with Gasteiger partial charge in [0.25, 0.3) is 11.6 Å². The fraction of sp³-hybridized carbons (Fsp3) is 0.462. The molecule has 4 atom stereocenters. The van der Waals surface area contributed by atoms with Crippen LogP contribution in [0.1, 0.15) is 71.6 Å². The lowest BCUT2D eigenvalue weighted by atomic mass is 9.76. The van der Waals surface area contributed by atoms with E-state index in [0.29, 0.717) is 24.0 Å². The van der Waals surface area contributed by atoms with Crippen LogP contribution in [0.5, 0.6) is 0 Å². The standard InChI is InChI=1S/C26H30N6O7S/c1-3-39-26(34)23-18-8-4-5-9-19(18)25(33)31(21-11-7-6-10-20(21)29-40(2,37)38)24(23)16-12-13-17(15-28-30-27)22(14-16)32(35)36/h4-5,8-9,12-14,20-21,23-24,29H,3,6-7,10-11,15H2,1-2H3. The zero-order chi connectivity index (χ0) is 29.0. The van der Waals surface area contributed by atoms with Gasteiger partial charge < -0.3 is 9.64 Å². The van der Waals surface area contributed by atoms with Crippen LogP contribution in [0, 0.1) is 10.1 Å². The van der Waals surface area contributed by atoms with Gasteiger partial charge in [0.05, 0.1) is 30.4 Å². The summed E-state index contributed by atoms with van der Waals surface area (Å²) in [7, 11) is -3.63. The molecule has 0 aromatic heterocycles. The van der Waals surface area contributed by atoms with Crippen molar-refractivity contribution in [2.75, 3.05) is 12.9 Å². The molecule has 2 aliphatic rings. The zero-order valence-corrected chi connectivity index (χ0v) is 22.9. The van der Waals surface area contributed by atoms with Crippen LogP contribution in [0.4, 0.5) is 5.69 Å². The van der Waals surface area contributed by atoms with E-state index in [9.17, 15) is 28.1 Å². The Hall–Kier alpha value is -4.00. The summed E-state index contributed by atoms with van der Waals surface area (Å²) in [5.41, 5.74) is 9.58. The summed E-state index contributed by atoms with van der Waals surface area (Å²) in [4.78, 5) is 43.3. The minimum atomic E-state index is -3.63. The Labute approximate surface area is 231 Å². The molecular formula is C26H30N6O7S. The molecule has 2 aromatic rings. The highest BCUT2D eigenvalue weighted by Gasteiger charge is 2.49. The summed E-state index contributed by atoms with van der Waals surface area (Å²) >= 11 is 0. The number of sulfonamides is 1. The molecule has 1 heterocycles. The quantitative estimate of drug-likeness (QED) is 0.117. The molecule has 40 heavy (non-hydrogen) atoms. The molecule has 14 heteroatoms. The number of benzene rings is 2. The number of ether oxygens (including phenoxy) is 1. The first-order chi connectivity index (χ1) is 19.1. The smallest absolute Gasteiger partial charge is 0.315 e. The predicted molar refractivity (Wildman–Crippen MR) is 145 cm³/mol. The number of hydrogen-bond donors (Lipinski definition) is 1. The molecule has 1 amide bonds. The number of carbonyl (C=O) groups excluding carboxylic acids is 2. The highest BCUT2D eigenvalue weighted by molar-refractivity contribution is 7.88. The Balaban J connectivity index is 1.96. The van der Waals surface area contributed by atoms with Crippen molar-refractivity contribution in [1.29, 1.82) is 0 Å². The summed E-state index contributed by atoms with van der Waals surface area (Å²) in [5, 5.41) is 15.5. The molecule has 212 valence electrons. The second kappa shape index (κ2) is 12.0. The number of nitrogens with one attached hydrogen (secondary N) is 1. The van der Waals surface area contributed by atoms with E-state index in [1.165, 1.54) is 17.0 Å². The summed E-state index contributed by atoms with van der Waals surface area (Å²) in [6, 6.07) is 8.68. The number of esters is 1. The Bertz CT molecular complexity index is 1470. The van der Waals surface area contributed by atoms with Gasteiger partial charge in [0.2, 0.25) is 10.0 Å². The van der Waals surface area contributed by atoms with Gasteiger partial charge in [-0.05, 0) is 42.5 Å². The van der Waals surface area contributed by atoms with Crippen LogP contribution >= 0.6 is 0 Å². The van der Waals surface area contributed by atoms with E-state index in [1.54, 1.807) is 37.3 Å². The second-order valence-corrected chi connectivity index (χ2v) is 11.6. The van der Waals surface area contributed by atoms with Crippen molar-refractivity contribution in [1.82, 2.24) is 9.62 Å². The highest BCUT2D eigenvalue weighted by Crippen LogP contribution is 2.47. The third-order valence-electron chi connectivity index (χ3n) is 7.32. The molecule has 0 radical (unpaired) electrons. The number of fused-ring (bicyclic) bond motifs is 1. The molecule has 4 rings (SSSR count). The Kier molecular flexibility index (Phi) is 8.72. The Morgan fingerprint density at radius 1 is 1.25 bits per heavy atom. The molecule has 13 nitrogen and oxygen atoms in total. The van der Waals surface area contributed by atoms with Gasteiger partial charge in [0.1, 0.15) is 5.92 Å². The van der Waals surface area contributed by atoms with Gasteiger partial charge in [0.15, 0.2) is 0 Å². The number of hydrogen-bond acceptors (Lipinski definition) is 8. The summed E-state index contributed by atoms with van der Waals surface area (Å²) < 4.78 is 32.6. The fourth-order valence-electron chi connectivity index (χ4n) is 5.79. The predicted octanol–water partition coefficient (Wildman–Crippen LogP) is 4.11. The molecule has 1 aliphatic carbocycles. The molecule has 0 saturated heterocycles. The van der Waals surface area contributed by atoms with E-state index in [4.69, 9.17) is 10.3 Å². The lowest BCUT2D eigenvalue weighted by molar-refractivity contribution is -0.385. The van der Waals surface area contributed by atoms with Crippen LogP contribution in [-0.4, -0.2) is 55.1 Å². The van der Waals surface area contributed by atoms with Crippen molar-refractivity contribution in [3.05, 3.63) is 85.3 Å². The average molecular weight is 571 g/mol. The van der Waals surface area contributed by atoms with Crippen LogP contribution in [0.15, 0.2) is 47.6 Å². The number of carbonyl (C=O) groups is 2. The SMILES string of the molecule is CCOC(=O)C1c2ccccc2C(=O)N(C2CCCCC2NS(C)(=O)=O)C1c1ccc(CN=[N+]=[N-])c([N+](=O)[O-])c1. The van der Waals surface area contributed by atoms with Gasteiger partial charge >= 0.3 is 5.97 Å². The van der Waals surface area contributed by atoms with Crippen molar-refractivity contribution in [2.24, 2.45) is 5.11 Å². The molecule has 1 aliphatic heterocycles. The van der Waals surface area contributed by atoms with Crippen LogP contribution in [0.3, 0.4) is 0 Å². The molecule has 2 aromatic carbocycles. The second-order valence-electron chi connectivity index (χ2n) is 9.86. The third kappa shape index (κ3) is 5.93. The molecular weight excluding hydrogens is 540 g/mol. The van der Waals surface area contributed by atoms with Gasteiger partial charge in [0, 0.05) is 34.2 Å². The van der Waals surface area contributed by atoms with Crippen molar-refractivity contribution < 1.29 is 27.7 Å². The van der Waals surface area contributed by atoms with E-state index < -0.39 is 50.9 Å². The zero-order valence-electron chi connectivity index (χ0n) is 22.1. The van der Waals surface area contributed by atoms with E-state index in [1.807, 2.05) is 0 Å². The monoisotopic (exact) mass is 570 g/mol. The van der Waals surface area contributed by atoms with Gasteiger partial charge in [-0.3, -0.25) is 19.7 Å². The van der Waals surface area contributed by atoms with Gasteiger partial charge in [-0.1, -0.05) is 48.3 Å². The number of nitro groups is 1. The maximum absolute atomic E-state index is 14.2. The molecule has 1 N–H and O–H groups in total. The number of nitro benzene ring substituents is 1. The minimum Gasteiger partial charge on any atom is -0.465 e. The first-order valence-corrected chi connectivity index (χ1v) is 14.8. The molecule has 0 spiro atoms. The van der Waals surface area contributed by atoms with Crippen LogP contribution in [-0.2, 0) is 26.1 Å².